The van der Waals surface area contributed by atoms with Crippen molar-refractivity contribution in [1.29, 1.82) is 0 Å². The first-order valence-electron chi connectivity index (χ1n) is 4.79. The van der Waals surface area contributed by atoms with Crippen LogP contribution in [0.2, 0.25) is 0 Å². The van der Waals surface area contributed by atoms with Crippen LogP contribution in [0.25, 0.3) is 0 Å². The molecule has 0 aromatic carbocycles. The second-order valence-electron chi connectivity index (χ2n) is 3.62. The zero-order chi connectivity index (χ0) is 11.6. The van der Waals surface area contributed by atoms with E-state index in [1.165, 1.54) is 20.1 Å². The Bertz CT molecular complexity index is 271. The van der Waals surface area contributed by atoms with Gasteiger partial charge in [-0.1, -0.05) is 0 Å². The molecule has 4 atom stereocenters. The van der Waals surface area contributed by atoms with E-state index in [-0.39, 0.29) is 5.57 Å². The fraction of sp³-hybridized carbons (Fsp3) is 0.700. The maximum Gasteiger partial charge on any atom is 0.336 e. The van der Waals surface area contributed by atoms with Crippen molar-refractivity contribution in [3.05, 3.63) is 11.6 Å². The summed E-state index contributed by atoms with van der Waals surface area (Å²) < 4.78 is 9.87. The average Bonchev–Trinajstić information content (AvgIpc) is 2.14. The maximum absolute atomic E-state index is 11.5. The van der Waals surface area contributed by atoms with E-state index in [4.69, 9.17) is 9.47 Å². The van der Waals surface area contributed by atoms with Crippen LogP contribution in [0.15, 0.2) is 11.6 Å². The van der Waals surface area contributed by atoms with Crippen molar-refractivity contribution in [3.8, 4) is 0 Å². The fourth-order valence-electron chi connectivity index (χ4n) is 1.49. The van der Waals surface area contributed by atoms with Gasteiger partial charge in [-0.25, -0.2) is 4.79 Å². The van der Waals surface area contributed by atoms with Crippen LogP contribution in [0.4, 0.5) is 0 Å². The molecule has 0 saturated carbocycles. The van der Waals surface area contributed by atoms with Crippen molar-refractivity contribution in [2.45, 2.75) is 38.3 Å². The molecule has 5 heteroatoms. The van der Waals surface area contributed by atoms with Gasteiger partial charge in [-0.3, -0.25) is 0 Å². The predicted octanol–water partition coefficient (Wildman–Crippen LogP) is -0.385. The topological polar surface area (TPSA) is 76.0 Å². The number of aliphatic hydroxyl groups excluding tert-OH is 2. The summed E-state index contributed by atoms with van der Waals surface area (Å²) in [5, 5.41) is 18.9. The molecular formula is C10H16O5. The van der Waals surface area contributed by atoms with Crippen LogP contribution in [0, 0.1) is 0 Å². The SMILES string of the molecule is CO[C@@H](C1=C[C@H](O)[C@@H](C)OC1=O)[C@@H](C)O. The molecule has 0 fully saturated rings. The molecular weight excluding hydrogens is 200 g/mol. The van der Waals surface area contributed by atoms with Crippen LogP contribution >= 0.6 is 0 Å². The zero-order valence-electron chi connectivity index (χ0n) is 9.01. The van der Waals surface area contributed by atoms with E-state index in [9.17, 15) is 15.0 Å². The Morgan fingerprint density at radius 1 is 1.60 bits per heavy atom. The van der Waals surface area contributed by atoms with Crippen molar-refractivity contribution in [1.82, 2.24) is 0 Å². The van der Waals surface area contributed by atoms with E-state index in [1.54, 1.807) is 6.92 Å². The van der Waals surface area contributed by atoms with E-state index in [2.05, 4.69) is 0 Å². The molecule has 0 aromatic heterocycles. The van der Waals surface area contributed by atoms with Gasteiger partial charge in [-0.05, 0) is 19.9 Å². The second kappa shape index (κ2) is 4.74. The first kappa shape index (κ1) is 12.2. The van der Waals surface area contributed by atoms with Gasteiger partial charge >= 0.3 is 5.97 Å². The number of methoxy groups -OCH3 is 1. The third-order valence-corrected chi connectivity index (χ3v) is 2.36. The minimum Gasteiger partial charge on any atom is -0.456 e. The van der Waals surface area contributed by atoms with Crippen LogP contribution < -0.4 is 0 Å². The number of esters is 1. The standard InChI is InChI=1S/C10H16O5/c1-5(11)9(14-3)7-4-8(12)6(2)15-10(7)13/h4-6,8-9,11-12H,1-3H3/t5-,6-,8+,9-/m1/s1. The molecule has 1 aliphatic heterocycles. The molecule has 1 aliphatic rings. The number of ether oxygens (including phenoxy) is 2. The number of carbonyl (C=O) groups is 1. The van der Waals surface area contributed by atoms with E-state index in [0.29, 0.717) is 0 Å². The van der Waals surface area contributed by atoms with Gasteiger partial charge < -0.3 is 19.7 Å². The van der Waals surface area contributed by atoms with Crippen LogP contribution in [-0.4, -0.2) is 47.7 Å². The van der Waals surface area contributed by atoms with Gasteiger partial charge in [0.25, 0.3) is 0 Å². The molecule has 1 rings (SSSR count). The van der Waals surface area contributed by atoms with E-state index in [0.717, 1.165) is 0 Å². The van der Waals surface area contributed by atoms with Crippen molar-refractivity contribution in [2.75, 3.05) is 7.11 Å². The van der Waals surface area contributed by atoms with Crippen molar-refractivity contribution < 1.29 is 24.5 Å². The molecule has 0 radical (unpaired) electrons. The number of hydrogen-bond acceptors (Lipinski definition) is 5. The third-order valence-electron chi connectivity index (χ3n) is 2.36. The average molecular weight is 216 g/mol. The Kier molecular flexibility index (Phi) is 3.84. The van der Waals surface area contributed by atoms with Gasteiger partial charge in [0.05, 0.1) is 11.7 Å². The molecule has 0 aromatic rings. The number of hydrogen-bond donors (Lipinski definition) is 2. The summed E-state index contributed by atoms with van der Waals surface area (Å²) >= 11 is 0. The summed E-state index contributed by atoms with van der Waals surface area (Å²) in [4.78, 5) is 11.5. The molecule has 0 saturated heterocycles. The van der Waals surface area contributed by atoms with Gasteiger partial charge in [0.15, 0.2) is 0 Å². The Hall–Kier alpha value is -0.910. The first-order valence-corrected chi connectivity index (χ1v) is 4.79. The highest BCUT2D eigenvalue weighted by molar-refractivity contribution is 5.90. The van der Waals surface area contributed by atoms with Crippen molar-refractivity contribution in [3.63, 3.8) is 0 Å². The van der Waals surface area contributed by atoms with Gasteiger partial charge in [0, 0.05) is 7.11 Å². The first-order chi connectivity index (χ1) is 6.97. The molecule has 2 N–H and O–H groups in total. The Labute approximate surface area is 88.3 Å². The molecule has 15 heavy (non-hydrogen) atoms. The monoisotopic (exact) mass is 216 g/mol. The fourth-order valence-corrected chi connectivity index (χ4v) is 1.49. The molecule has 0 amide bonds. The number of carbonyl (C=O) groups excluding carboxylic acids is 1. The van der Waals surface area contributed by atoms with E-state index < -0.39 is 30.4 Å². The molecule has 0 spiro atoms. The minimum absolute atomic E-state index is 0.165. The molecule has 86 valence electrons. The highest BCUT2D eigenvalue weighted by atomic mass is 16.6. The van der Waals surface area contributed by atoms with E-state index >= 15 is 0 Å². The minimum atomic E-state index is -0.853. The quantitative estimate of drug-likeness (QED) is 0.629. The van der Waals surface area contributed by atoms with Crippen LogP contribution in [0.5, 0.6) is 0 Å². The smallest absolute Gasteiger partial charge is 0.336 e. The lowest BCUT2D eigenvalue weighted by atomic mass is 9.99. The molecule has 5 nitrogen and oxygen atoms in total. The van der Waals surface area contributed by atoms with Gasteiger partial charge in [-0.15, -0.1) is 0 Å². The summed E-state index contributed by atoms with van der Waals surface area (Å²) in [5.41, 5.74) is 0.165. The summed E-state index contributed by atoms with van der Waals surface area (Å²) in [7, 11) is 1.38. The summed E-state index contributed by atoms with van der Waals surface area (Å²) in [6.45, 7) is 3.10. The highest BCUT2D eigenvalue weighted by Crippen LogP contribution is 2.20. The second-order valence-corrected chi connectivity index (χ2v) is 3.62. The number of cyclic esters (lactones) is 1. The largest absolute Gasteiger partial charge is 0.456 e. The summed E-state index contributed by atoms with van der Waals surface area (Å²) in [5.74, 6) is -0.555. The van der Waals surface area contributed by atoms with Crippen LogP contribution in [0.3, 0.4) is 0 Å². The van der Waals surface area contributed by atoms with Crippen LogP contribution in [0.1, 0.15) is 13.8 Å². The van der Waals surface area contributed by atoms with Gasteiger partial charge in [-0.2, -0.15) is 0 Å². The van der Waals surface area contributed by atoms with Gasteiger partial charge in [0.1, 0.15) is 18.3 Å². The highest BCUT2D eigenvalue weighted by Gasteiger charge is 2.33. The molecule has 0 bridgehead atoms. The lowest BCUT2D eigenvalue weighted by Gasteiger charge is -2.28. The Morgan fingerprint density at radius 3 is 2.67 bits per heavy atom. The normalized spacial score (nSPS) is 30.5. The molecule has 1 heterocycles. The lowest BCUT2D eigenvalue weighted by Crippen LogP contribution is -2.40. The zero-order valence-corrected chi connectivity index (χ0v) is 9.01. The maximum atomic E-state index is 11.5. The number of aliphatic hydroxyl groups is 2. The summed E-state index contributed by atoms with van der Waals surface area (Å²) in [6, 6.07) is 0. The Balaban J connectivity index is 2.92. The van der Waals surface area contributed by atoms with Crippen molar-refractivity contribution in [2.24, 2.45) is 0 Å². The number of rotatable bonds is 3. The summed E-state index contributed by atoms with van der Waals surface area (Å²) in [6.07, 6.45) is -1.65. The third kappa shape index (κ3) is 2.56. The predicted molar refractivity (Wildman–Crippen MR) is 52.1 cm³/mol. The molecule has 0 aliphatic carbocycles. The van der Waals surface area contributed by atoms with Crippen molar-refractivity contribution >= 4 is 5.97 Å². The van der Waals surface area contributed by atoms with Crippen LogP contribution in [-0.2, 0) is 14.3 Å². The van der Waals surface area contributed by atoms with Gasteiger partial charge in [0.2, 0.25) is 0 Å². The Morgan fingerprint density at radius 2 is 2.20 bits per heavy atom. The van der Waals surface area contributed by atoms with E-state index in [1.807, 2.05) is 0 Å². The molecule has 0 unspecified atom stereocenters. The lowest BCUT2D eigenvalue weighted by molar-refractivity contribution is -0.152.